The molecule has 0 rings (SSSR count). The van der Waals surface area contributed by atoms with Crippen LogP contribution in [0.3, 0.4) is 0 Å². The zero-order valence-corrected chi connectivity index (χ0v) is 12.6. The first kappa shape index (κ1) is 13.0. The van der Waals surface area contributed by atoms with Crippen molar-refractivity contribution in [1.29, 1.82) is 0 Å². The minimum Gasteiger partial charge on any atom is -0.552 e. The highest BCUT2D eigenvalue weighted by atomic mass is 28.4. The molecule has 0 saturated heterocycles. The molecule has 0 aromatic carbocycles. The lowest BCUT2D eigenvalue weighted by Gasteiger charge is -2.24. The Balaban J connectivity index is 4.45. The van der Waals surface area contributed by atoms with Crippen LogP contribution in [0.15, 0.2) is 11.5 Å². The van der Waals surface area contributed by atoms with Crippen molar-refractivity contribution < 1.29 is 4.43 Å². The van der Waals surface area contributed by atoms with Crippen LogP contribution >= 0.6 is 0 Å². The van der Waals surface area contributed by atoms with E-state index < -0.39 is 8.32 Å². The largest absolute Gasteiger partial charge is 0.552 e. The average Bonchev–Trinajstić information content (AvgIpc) is 1.79. The molecule has 0 heterocycles. The zero-order chi connectivity index (χ0) is 10.7. The quantitative estimate of drug-likeness (QED) is 0.521. The second kappa shape index (κ2) is 4.46. The molecule has 0 aromatic rings. The van der Waals surface area contributed by atoms with Gasteiger partial charge in [-0.1, -0.05) is 27.3 Å². The highest BCUT2D eigenvalue weighted by Gasteiger charge is 2.18. The van der Waals surface area contributed by atoms with Crippen molar-refractivity contribution in [2.75, 3.05) is 0 Å². The van der Waals surface area contributed by atoms with Gasteiger partial charge in [0.15, 0.2) is 0 Å². The lowest BCUT2D eigenvalue weighted by atomic mass is 9.97. The van der Waals surface area contributed by atoms with Crippen molar-refractivity contribution >= 4 is 17.8 Å². The summed E-state index contributed by atoms with van der Waals surface area (Å²) in [7, 11) is -1.53. The van der Waals surface area contributed by atoms with E-state index in [-0.39, 0.29) is 14.9 Å². The Morgan fingerprint density at radius 3 is 1.92 bits per heavy atom. The summed E-state index contributed by atoms with van der Waals surface area (Å²) in [4.78, 5) is 0. The van der Waals surface area contributed by atoms with Crippen LogP contribution in [-0.2, 0) is 4.43 Å². The maximum Gasteiger partial charge on any atom is 0.241 e. The second-order valence-corrected chi connectivity index (χ2v) is 11.4. The second-order valence-electron chi connectivity index (χ2n) is 5.54. The van der Waals surface area contributed by atoms with Crippen molar-refractivity contribution in [3.8, 4) is 0 Å². The summed E-state index contributed by atoms with van der Waals surface area (Å²) in [6.45, 7) is 15.7. The van der Waals surface area contributed by atoms with E-state index in [0.717, 1.165) is 0 Å². The van der Waals surface area contributed by atoms with Gasteiger partial charge in [0.2, 0.25) is 8.32 Å². The van der Waals surface area contributed by atoms with Crippen molar-refractivity contribution in [2.45, 2.75) is 47.0 Å². The van der Waals surface area contributed by atoms with Gasteiger partial charge in [0.05, 0.1) is 9.52 Å². The summed E-state index contributed by atoms with van der Waals surface area (Å²) in [5.74, 6) is 0. The molecule has 0 aliphatic rings. The minimum absolute atomic E-state index is 0.158. The first-order valence-electron chi connectivity index (χ1n) is 5.05. The van der Waals surface area contributed by atoms with Crippen LogP contribution in [0.5, 0.6) is 0 Å². The van der Waals surface area contributed by atoms with Crippen LogP contribution in [0.2, 0.25) is 26.2 Å². The first-order valence-corrected chi connectivity index (χ1v) is 10.6. The Hall–Kier alpha value is -0.0262. The van der Waals surface area contributed by atoms with Gasteiger partial charge in [0.25, 0.3) is 0 Å². The first-order chi connectivity index (χ1) is 5.64. The fraction of sp³-hybridized carbons (Fsp3) is 0.800. The SMILES string of the molecule is C[SiH2]C(=CC(C)(C)C)O[Si](C)(C)C. The number of hydrogen-bond acceptors (Lipinski definition) is 1. The zero-order valence-electron chi connectivity index (χ0n) is 10.2. The van der Waals surface area contributed by atoms with Gasteiger partial charge in [-0.15, -0.1) is 0 Å². The Labute approximate surface area is 86.5 Å². The maximum atomic E-state index is 6.02. The van der Waals surface area contributed by atoms with E-state index in [1.54, 1.807) is 0 Å². The molecule has 0 saturated carbocycles. The summed E-state index contributed by atoms with van der Waals surface area (Å²) >= 11 is 0. The van der Waals surface area contributed by atoms with E-state index in [2.05, 4.69) is 53.0 Å². The van der Waals surface area contributed by atoms with Crippen molar-refractivity contribution in [3.63, 3.8) is 0 Å². The van der Waals surface area contributed by atoms with E-state index in [4.69, 9.17) is 4.43 Å². The van der Waals surface area contributed by atoms with Gasteiger partial charge in [0, 0.05) is 5.38 Å². The highest BCUT2D eigenvalue weighted by Crippen LogP contribution is 2.19. The van der Waals surface area contributed by atoms with E-state index in [1.165, 1.54) is 5.38 Å². The van der Waals surface area contributed by atoms with Gasteiger partial charge >= 0.3 is 0 Å². The molecule has 0 unspecified atom stereocenters. The standard InChI is InChI=1S/C10H24OSi2/c1-10(2,3)8-9(12-4)11-13(5,6)7/h8H,12H2,1-7H3. The van der Waals surface area contributed by atoms with Crippen LogP contribution in [0.4, 0.5) is 0 Å². The van der Waals surface area contributed by atoms with E-state index in [0.29, 0.717) is 0 Å². The predicted molar refractivity (Wildman–Crippen MR) is 66.4 cm³/mol. The van der Waals surface area contributed by atoms with Gasteiger partial charge in [-0.3, -0.25) is 0 Å². The number of allylic oxidation sites excluding steroid dienone is 1. The van der Waals surface area contributed by atoms with Gasteiger partial charge in [-0.05, 0) is 31.1 Å². The topological polar surface area (TPSA) is 9.23 Å². The Bertz CT molecular complexity index is 184. The fourth-order valence-corrected chi connectivity index (χ4v) is 4.62. The van der Waals surface area contributed by atoms with Gasteiger partial charge in [-0.25, -0.2) is 0 Å². The summed E-state index contributed by atoms with van der Waals surface area (Å²) < 4.78 is 6.02. The Morgan fingerprint density at radius 1 is 1.23 bits per heavy atom. The van der Waals surface area contributed by atoms with Crippen LogP contribution in [0.25, 0.3) is 0 Å². The summed E-state index contributed by atoms with van der Waals surface area (Å²) in [6, 6.07) is 0. The molecule has 0 radical (unpaired) electrons. The summed E-state index contributed by atoms with van der Waals surface area (Å²) in [6.07, 6.45) is 2.30. The van der Waals surface area contributed by atoms with E-state index in [1.807, 2.05) is 0 Å². The minimum atomic E-state index is -1.37. The van der Waals surface area contributed by atoms with Crippen LogP contribution in [-0.4, -0.2) is 17.8 Å². The van der Waals surface area contributed by atoms with Crippen molar-refractivity contribution in [1.82, 2.24) is 0 Å². The third-order valence-electron chi connectivity index (χ3n) is 1.38. The fourth-order valence-electron chi connectivity index (χ4n) is 1.08. The van der Waals surface area contributed by atoms with Gasteiger partial charge in [0.1, 0.15) is 0 Å². The van der Waals surface area contributed by atoms with Gasteiger partial charge in [-0.2, -0.15) is 0 Å². The lowest BCUT2D eigenvalue weighted by molar-refractivity contribution is 0.433. The molecule has 78 valence electrons. The maximum absolute atomic E-state index is 6.02. The molecule has 0 spiro atoms. The predicted octanol–water partition coefficient (Wildman–Crippen LogP) is 2.94. The Morgan fingerprint density at radius 2 is 1.69 bits per heavy atom. The molecule has 3 heteroatoms. The molecular formula is C10H24OSi2. The van der Waals surface area contributed by atoms with Crippen molar-refractivity contribution in [3.05, 3.63) is 11.5 Å². The Kier molecular flexibility index (Phi) is 4.45. The average molecular weight is 216 g/mol. The molecule has 0 N–H and O–H groups in total. The summed E-state index contributed by atoms with van der Waals surface area (Å²) in [5.41, 5.74) is 0.262. The molecule has 0 amide bonds. The molecule has 1 nitrogen and oxygen atoms in total. The lowest BCUT2D eigenvalue weighted by Crippen LogP contribution is -2.26. The van der Waals surface area contributed by atoms with Crippen LogP contribution < -0.4 is 0 Å². The van der Waals surface area contributed by atoms with E-state index in [9.17, 15) is 0 Å². The third-order valence-corrected chi connectivity index (χ3v) is 3.59. The number of hydrogen-bond donors (Lipinski definition) is 0. The molecule has 0 aliphatic carbocycles. The van der Waals surface area contributed by atoms with E-state index >= 15 is 0 Å². The molecule has 0 aromatic heterocycles. The smallest absolute Gasteiger partial charge is 0.241 e. The highest BCUT2D eigenvalue weighted by molar-refractivity contribution is 6.70. The normalized spacial score (nSPS) is 15.5. The number of rotatable bonds is 3. The molecule has 0 bridgehead atoms. The molecular weight excluding hydrogens is 192 g/mol. The molecule has 0 aliphatic heterocycles. The van der Waals surface area contributed by atoms with Crippen LogP contribution in [0, 0.1) is 5.41 Å². The van der Waals surface area contributed by atoms with Gasteiger partial charge < -0.3 is 4.43 Å². The third kappa shape index (κ3) is 8.31. The molecule has 0 fully saturated rings. The molecule has 13 heavy (non-hydrogen) atoms. The summed E-state index contributed by atoms with van der Waals surface area (Å²) in [5, 5.41) is 1.30. The van der Waals surface area contributed by atoms with Crippen LogP contribution in [0.1, 0.15) is 20.8 Å². The molecule has 0 atom stereocenters. The van der Waals surface area contributed by atoms with Crippen molar-refractivity contribution in [2.24, 2.45) is 5.41 Å². The monoisotopic (exact) mass is 216 g/mol.